The van der Waals surface area contributed by atoms with Crippen LogP contribution < -0.4 is 0 Å². The smallest absolute Gasteiger partial charge is 0.0789 e. The average Bonchev–Trinajstić information content (AvgIpc) is 2.82. The fraction of sp³-hybridized carbons (Fsp3) is 0.105. The zero-order valence-corrected chi connectivity index (χ0v) is 13.5. The molecule has 1 heterocycles. The molecule has 0 saturated heterocycles. The lowest BCUT2D eigenvalue weighted by Crippen LogP contribution is -2.01. The fourth-order valence-electron chi connectivity index (χ4n) is 3.16. The topological polar surface area (TPSA) is 12.4 Å². The van der Waals surface area contributed by atoms with E-state index in [4.69, 9.17) is 4.99 Å². The molecule has 0 amide bonds. The van der Waals surface area contributed by atoms with Crippen LogP contribution in [-0.2, 0) is 0 Å². The largest absolute Gasteiger partial charge is 0.247 e. The summed E-state index contributed by atoms with van der Waals surface area (Å²) in [6.07, 6.45) is 0. The number of nitrogens with zero attached hydrogens (tertiary/aromatic N) is 1. The SMILES string of the molecule is Cc1cc(C)cc(C2=Nc3ccc(Br)c4cccc2c34)c1. The maximum atomic E-state index is 4.89. The van der Waals surface area contributed by atoms with Gasteiger partial charge in [0, 0.05) is 21.0 Å². The van der Waals surface area contributed by atoms with Crippen LogP contribution in [0.15, 0.2) is 58.0 Å². The van der Waals surface area contributed by atoms with E-state index in [0.717, 1.165) is 15.9 Å². The Balaban J connectivity index is 2.02. The van der Waals surface area contributed by atoms with Gasteiger partial charge in [-0.25, -0.2) is 4.99 Å². The first-order valence-electron chi connectivity index (χ1n) is 7.02. The van der Waals surface area contributed by atoms with Gasteiger partial charge < -0.3 is 0 Å². The molecule has 3 aromatic rings. The molecule has 2 heteroatoms. The molecule has 1 aliphatic rings. The molecule has 0 N–H and O–H groups in total. The Labute approximate surface area is 132 Å². The molecule has 1 aliphatic heterocycles. The molecule has 0 fully saturated rings. The summed E-state index contributed by atoms with van der Waals surface area (Å²) in [5, 5.41) is 2.48. The van der Waals surface area contributed by atoms with Crippen LogP contribution >= 0.6 is 15.9 Å². The van der Waals surface area contributed by atoms with Crippen molar-refractivity contribution in [3.05, 3.63) is 75.3 Å². The van der Waals surface area contributed by atoms with Crippen molar-refractivity contribution in [2.75, 3.05) is 0 Å². The molecule has 0 atom stereocenters. The van der Waals surface area contributed by atoms with Crippen molar-refractivity contribution in [1.29, 1.82) is 0 Å². The van der Waals surface area contributed by atoms with Crippen molar-refractivity contribution in [2.45, 2.75) is 13.8 Å². The van der Waals surface area contributed by atoms with E-state index in [9.17, 15) is 0 Å². The van der Waals surface area contributed by atoms with Gasteiger partial charge in [0.2, 0.25) is 0 Å². The molecule has 21 heavy (non-hydrogen) atoms. The van der Waals surface area contributed by atoms with Crippen LogP contribution in [0.3, 0.4) is 0 Å². The Hall–Kier alpha value is -1.93. The summed E-state index contributed by atoms with van der Waals surface area (Å²) in [7, 11) is 0. The first kappa shape index (κ1) is 12.8. The molecule has 102 valence electrons. The first-order valence-corrected chi connectivity index (χ1v) is 7.82. The molecule has 0 radical (unpaired) electrons. The van der Waals surface area contributed by atoms with Crippen molar-refractivity contribution >= 4 is 38.1 Å². The van der Waals surface area contributed by atoms with Crippen LogP contribution in [0.25, 0.3) is 10.8 Å². The van der Waals surface area contributed by atoms with Crippen LogP contribution in [0.2, 0.25) is 0 Å². The zero-order valence-electron chi connectivity index (χ0n) is 11.9. The van der Waals surface area contributed by atoms with Gasteiger partial charge in [-0.3, -0.25) is 0 Å². The third kappa shape index (κ3) is 1.94. The number of rotatable bonds is 1. The standard InChI is InChI=1S/C19H14BrN/c1-11-8-12(2)10-13(9-11)19-15-5-3-4-14-16(20)6-7-17(21-19)18(14)15/h3-10H,1-2H3. The predicted octanol–water partition coefficient (Wildman–Crippen LogP) is 5.70. The first-order chi connectivity index (χ1) is 10.1. The summed E-state index contributed by atoms with van der Waals surface area (Å²) < 4.78 is 1.12. The maximum absolute atomic E-state index is 4.89. The third-order valence-electron chi connectivity index (χ3n) is 3.95. The molecular weight excluding hydrogens is 322 g/mol. The molecule has 1 nitrogen and oxygen atoms in total. The normalized spacial score (nSPS) is 12.8. The van der Waals surface area contributed by atoms with Gasteiger partial charge in [-0.1, -0.05) is 51.3 Å². The summed E-state index contributed by atoms with van der Waals surface area (Å²) in [5.74, 6) is 0. The van der Waals surface area contributed by atoms with Crippen molar-refractivity contribution in [1.82, 2.24) is 0 Å². The van der Waals surface area contributed by atoms with Crippen molar-refractivity contribution < 1.29 is 0 Å². The van der Waals surface area contributed by atoms with E-state index in [1.54, 1.807) is 0 Å². The second-order valence-corrected chi connectivity index (χ2v) is 6.49. The number of hydrogen-bond donors (Lipinski definition) is 0. The summed E-state index contributed by atoms with van der Waals surface area (Å²) in [6.45, 7) is 4.27. The van der Waals surface area contributed by atoms with Crippen molar-refractivity contribution in [3.8, 4) is 0 Å². The molecule has 4 rings (SSSR count). The Morgan fingerprint density at radius 2 is 1.67 bits per heavy atom. The lowest BCUT2D eigenvalue weighted by molar-refractivity contribution is 1.37. The Morgan fingerprint density at radius 3 is 2.43 bits per heavy atom. The van der Waals surface area contributed by atoms with E-state index in [0.29, 0.717) is 0 Å². The summed E-state index contributed by atoms with van der Waals surface area (Å²) in [6, 6.07) is 17.2. The van der Waals surface area contributed by atoms with E-state index in [-0.39, 0.29) is 0 Å². The summed E-state index contributed by atoms with van der Waals surface area (Å²) >= 11 is 3.64. The average molecular weight is 336 g/mol. The van der Waals surface area contributed by atoms with Gasteiger partial charge in [-0.05, 0) is 43.5 Å². The monoisotopic (exact) mass is 335 g/mol. The minimum atomic E-state index is 1.07. The lowest BCUT2D eigenvalue weighted by Gasteiger charge is -2.07. The van der Waals surface area contributed by atoms with E-state index >= 15 is 0 Å². The Kier molecular flexibility index (Phi) is 2.76. The maximum Gasteiger partial charge on any atom is 0.0789 e. The van der Waals surface area contributed by atoms with Crippen molar-refractivity contribution in [3.63, 3.8) is 0 Å². The lowest BCUT2D eigenvalue weighted by atomic mass is 9.96. The van der Waals surface area contributed by atoms with Gasteiger partial charge in [0.15, 0.2) is 0 Å². The number of benzene rings is 3. The highest BCUT2D eigenvalue weighted by Crippen LogP contribution is 2.40. The Morgan fingerprint density at radius 1 is 0.905 bits per heavy atom. The van der Waals surface area contributed by atoms with Gasteiger partial charge in [0.05, 0.1) is 11.4 Å². The fourth-order valence-corrected chi connectivity index (χ4v) is 3.62. The van der Waals surface area contributed by atoms with Crippen LogP contribution in [0.5, 0.6) is 0 Å². The van der Waals surface area contributed by atoms with Crippen LogP contribution in [0, 0.1) is 13.8 Å². The van der Waals surface area contributed by atoms with Crippen molar-refractivity contribution in [2.24, 2.45) is 4.99 Å². The number of hydrogen-bond acceptors (Lipinski definition) is 1. The van der Waals surface area contributed by atoms with E-state index in [1.807, 2.05) is 0 Å². The van der Waals surface area contributed by atoms with Crippen LogP contribution in [-0.4, -0.2) is 5.71 Å². The highest BCUT2D eigenvalue weighted by Gasteiger charge is 2.20. The van der Waals surface area contributed by atoms with Gasteiger partial charge in [0.25, 0.3) is 0 Å². The second-order valence-electron chi connectivity index (χ2n) is 5.63. The van der Waals surface area contributed by atoms with Crippen LogP contribution in [0.4, 0.5) is 5.69 Å². The second kappa shape index (κ2) is 4.54. The molecule has 0 bridgehead atoms. The summed E-state index contributed by atoms with van der Waals surface area (Å²) in [4.78, 5) is 4.89. The molecule has 0 unspecified atom stereocenters. The van der Waals surface area contributed by atoms with E-state index in [1.165, 1.54) is 33.0 Å². The van der Waals surface area contributed by atoms with Gasteiger partial charge in [-0.2, -0.15) is 0 Å². The van der Waals surface area contributed by atoms with Crippen LogP contribution in [0.1, 0.15) is 22.3 Å². The number of halogens is 1. The van der Waals surface area contributed by atoms with E-state index < -0.39 is 0 Å². The Bertz CT molecular complexity index is 902. The van der Waals surface area contributed by atoms with Gasteiger partial charge in [-0.15, -0.1) is 0 Å². The molecule has 0 spiro atoms. The highest BCUT2D eigenvalue weighted by atomic mass is 79.9. The minimum absolute atomic E-state index is 1.07. The zero-order chi connectivity index (χ0) is 14.6. The molecule has 3 aromatic carbocycles. The predicted molar refractivity (Wildman–Crippen MR) is 92.9 cm³/mol. The summed E-state index contributed by atoms with van der Waals surface area (Å²) in [5.41, 5.74) is 7.13. The highest BCUT2D eigenvalue weighted by molar-refractivity contribution is 9.10. The van der Waals surface area contributed by atoms with E-state index in [2.05, 4.69) is 78.3 Å². The third-order valence-corrected chi connectivity index (χ3v) is 4.64. The van der Waals surface area contributed by atoms with Gasteiger partial charge >= 0.3 is 0 Å². The number of aliphatic imine (C=N–C) groups is 1. The molecule has 0 aliphatic carbocycles. The quantitative estimate of drug-likeness (QED) is 0.423. The molecule has 0 saturated carbocycles. The molecular formula is C19H14BrN. The van der Waals surface area contributed by atoms with Gasteiger partial charge in [0.1, 0.15) is 0 Å². The number of aryl methyl sites for hydroxylation is 2. The molecule has 0 aromatic heterocycles. The minimum Gasteiger partial charge on any atom is -0.247 e.